The Morgan fingerprint density at radius 2 is 1.69 bits per heavy atom. The number of anilines is 2. The summed E-state index contributed by atoms with van der Waals surface area (Å²) in [6.45, 7) is 4.52. The minimum absolute atomic E-state index is 0.0130. The van der Waals surface area contributed by atoms with Crippen LogP contribution in [0.2, 0.25) is 0 Å². The zero-order chi connectivity index (χ0) is 23.1. The summed E-state index contributed by atoms with van der Waals surface area (Å²) < 4.78 is 38.7. The highest BCUT2D eigenvalue weighted by atomic mass is 32.2. The lowest BCUT2D eigenvalue weighted by molar-refractivity contribution is 0.102. The van der Waals surface area contributed by atoms with Crippen LogP contribution in [0.15, 0.2) is 71.6 Å². The van der Waals surface area contributed by atoms with E-state index in [9.17, 15) is 13.2 Å². The van der Waals surface area contributed by atoms with E-state index in [-0.39, 0.29) is 10.5 Å². The average molecular weight is 455 g/mol. The van der Waals surface area contributed by atoms with Gasteiger partial charge in [-0.15, -0.1) is 0 Å². The number of carbonyl (C=O) groups excluding carboxylic acids is 1. The summed E-state index contributed by atoms with van der Waals surface area (Å²) in [6.07, 6.45) is 0.907. The standard InChI is InChI=1S/C24H26N2O5S/c1-4-14-31-21-12-13-23(17(2)15-21)25-24(27)18-6-5-7-22(16-18)32(28,29)26-19-8-10-20(30-3)11-9-19/h5-13,15-16,26H,4,14H2,1-3H3,(H,25,27). The second kappa shape index (κ2) is 10.2. The van der Waals surface area contributed by atoms with Gasteiger partial charge in [0.25, 0.3) is 15.9 Å². The van der Waals surface area contributed by atoms with Crippen LogP contribution in [0.5, 0.6) is 11.5 Å². The average Bonchev–Trinajstić information content (AvgIpc) is 2.79. The predicted molar refractivity (Wildman–Crippen MR) is 125 cm³/mol. The number of hydrogen-bond donors (Lipinski definition) is 2. The lowest BCUT2D eigenvalue weighted by Crippen LogP contribution is -2.16. The molecule has 0 aliphatic heterocycles. The number of benzene rings is 3. The molecule has 32 heavy (non-hydrogen) atoms. The number of aryl methyl sites for hydroxylation is 1. The summed E-state index contributed by atoms with van der Waals surface area (Å²) >= 11 is 0. The number of nitrogens with one attached hydrogen (secondary N) is 2. The van der Waals surface area contributed by atoms with Gasteiger partial charge in [-0.25, -0.2) is 8.42 Å². The van der Waals surface area contributed by atoms with Gasteiger partial charge >= 0.3 is 0 Å². The second-order valence-electron chi connectivity index (χ2n) is 7.14. The molecule has 1 amide bonds. The number of carbonyl (C=O) groups is 1. The van der Waals surface area contributed by atoms with Gasteiger partial charge in [0.1, 0.15) is 11.5 Å². The molecule has 168 valence electrons. The molecule has 3 aromatic carbocycles. The van der Waals surface area contributed by atoms with E-state index in [2.05, 4.69) is 10.0 Å². The topological polar surface area (TPSA) is 93.7 Å². The first-order valence-corrected chi connectivity index (χ1v) is 11.6. The lowest BCUT2D eigenvalue weighted by atomic mass is 10.1. The van der Waals surface area contributed by atoms with Crippen LogP contribution in [0, 0.1) is 6.92 Å². The van der Waals surface area contributed by atoms with Crippen molar-refractivity contribution < 1.29 is 22.7 Å². The van der Waals surface area contributed by atoms with E-state index in [1.807, 2.05) is 19.9 Å². The maximum Gasteiger partial charge on any atom is 0.261 e. The first kappa shape index (κ1) is 23.1. The quantitative estimate of drug-likeness (QED) is 0.482. The van der Waals surface area contributed by atoms with E-state index < -0.39 is 15.9 Å². The van der Waals surface area contributed by atoms with Gasteiger partial charge in [-0.1, -0.05) is 13.0 Å². The fraction of sp³-hybridized carbons (Fsp3) is 0.208. The van der Waals surface area contributed by atoms with Gasteiger partial charge in [-0.2, -0.15) is 0 Å². The number of hydrogen-bond acceptors (Lipinski definition) is 5. The second-order valence-corrected chi connectivity index (χ2v) is 8.82. The lowest BCUT2D eigenvalue weighted by Gasteiger charge is -2.12. The van der Waals surface area contributed by atoms with Crippen molar-refractivity contribution in [3.05, 3.63) is 77.9 Å². The summed E-state index contributed by atoms with van der Waals surface area (Å²) in [5, 5.41) is 2.83. The van der Waals surface area contributed by atoms with Gasteiger partial charge in [-0.05, 0) is 79.6 Å². The zero-order valence-electron chi connectivity index (χ0n) is 18.2. The van der Waals surface area contributed by atoms with Crippen molar-refractivity contribution in [1.82, 2.24) is 0 Å². The highest BCUT2D eigenvalue weighted by Gasteiger charge is 2.17. The van der Waals surface area contributed by atoms with Crippen molar-refractivity contribution in [2.75, 3.05) is 23.8 Å². The van der Waals surface area contributed by atoms with Gasteiger partial charge in [-0.3, -0.25) is 9.52 Å². The summed E-state index contributed by atoms with van der Waals surface area (Å²) in [7, 11) is -2.34. The number of sulfonamides is 1. The van der Waals surface area contributed by atoms with Crippen LogP contribution >= 0.6 is 0 Å². The maximum absolute atomic E-state index is 12.8. The first-order chi connectivity index (χ1) is 15.3. The van der Waals surface area contributed by atoms with Crippen LogP contribution in [0.1, 0.15) is 29.3 Å². The third-order valence-electron chi connectivity index (χ3n) is 4.67. The fourth-order valence-corrected chi connectivity index (χ4v) is 4.06. The molecule has 0 radical (unpaired) electrons. The fourth-order valence-electron chi connectivity index (χ4n) is 2.96. The van der Waals surface area contributed by atoms with E-state index in [0.717, 1.165) is 17.7 Å². The maximum atomic E-state index is 12.8. The van der Waals surface area contributed by atoms with Crippen molar-refractivity contribution >= 4 is 27.3 Å². The normalized spacial score (nSPS) is 11.0. The van der Waals surface area contributed by atoms with E-state index in [1.54, 1.807) is 42.5 Å². The SMILES string of the molecule is CCCOc1ccc(NC(=O)c2cccc(S(=O)(=O)Nc3ccc(OC)cc3)c2)c(C)c1. The summed E-state index contributed by atoms with van der Waals surface area (Å²) in [4.78, 5) is 12.7. The van der Waals surface area contributed by atoms with Crippen molar-refractivity contribution in [2.24, 2.45) is 0 Å². The first-order valence-electron chi connectivity index (χ1n) is 10.1. The van der Waals surface area contributed by atoms with Gasteiger partial charge in [0.05, 0.1) is 18.6 Å². The van der Waals surface area contributed by atoms with Crippen LogP contribution in [0.25, 0.3) is 0 Å². The van der Waals surface area contributed by atoms with Crippen LogP contribution in [-0.2, 0) is 10.0 Å². The van der Waals surface area contributed by atoms with E-state index in [0.29, 0.717) is 23.7 Å². The van der Waals surface area contributed by atoms with Crippen molar-refractivity contribution in [1.29, 1.82) is 0 Å². The Balaban J connectivity index is 1.75. The minimum Gasteiger partial charge on any atom is -0.497 e. The number of methoxy groups -OCH3 is 1. The minimum atomic E-state index is -3.87. The third kappa shape index (κ3) is 5.79. The molecule has 0 saturated carbocycles. The van der Waals surface area contributed by atoms with Gasteiger partial charge in [0.15, 0.2) is 0 Å². The van der Waals surface area contributed by atoms with Crippen LogP contribution in [0.3, 0.4) is 0 Å². The van der Waals surface area contributed by atoms with Gasteiger partial charge < -0.3 is 14.8 Å². The van der Waals surface area contributed by atoms with Crippen molar-refractivity contribution in [3.63, 3.8) is 0 Å². The van der Waals surface area contributed by atoms with E-state index >= 15 is 0 Å². The number of rotatable bonds is 9. The predicted octanol–water partition coefficient (Wildman–Crippen LogP) is 4.85. The Morgan fingerprint density at radius 3 is 2.34 bits per heavy atom. The molecule has 8 heteroatoms. The Morgan fingerprint density at radius 1 is 0.969 bits per heavy atom. The smallest absolute Gasteiger partial charge is 0.261 e. The Hall–Kier alpha value is -3.52. The molecule has 3 aromatic rings. The van der Waals surface area contributed by atoms with E-state index in [1.165, 1.54) is 25.3 Å². The van der Waals surface area contributed by atoms with Crippen LogP contribution < -0.4 is 19.5 Å². The molecule has 0 atom stereocenters. The number of ether oxygens (including phenoxy) is 2. The molecule has 3 rings (SSSR count). The van der Waals surface area contributed by atoms with Crippen LogP contribution in [-0.4, -0.2) is 28.0 Å². The Bertz CT molecular complexity index is 1190. The molecule has 7 nitrogen and oxygen atoms in total. The molecule has 0 bridgehead atoms. The molecule has 0 fully saturated rings. The molecule has 0 aromatic heterocycles. The highest BCUT2D eigenvalue weighted by molar-refractivity contribution is 7.92. The Labute approximate surface area is 188 Å². The molecule has 0 aliphatic rings. The molecule has 0 unspecified atom stereocenters. The highest BCUT2D eigenvalue weighted by Crippen LogP contribution is 2.23. The summed E-state index contributed by atoms with van der Waals surface area (Å²) in [5.41, 5.74) is 2.09. The number of amides is 1. The molecule has 0 saturated heterocycles. The van der Waals surface area contributed by atoms with Crippen molar-refractivity contribution in [2.45, 2.75) is 25.2 Å². The van der Waals surface area contributed by atoms with Gasteiger partial charge in [0, 0.05) is 16.9 Å². The molecule has 0 spiro atoms. The Kier molecular flexibility index (Phi) is 7.37. The molecule has 0 aliphatic carbocycles. The summed E-state index contributed by atoms with van der Waals surface area (Å²) in [5.74, 6) is 0.948. The molecular formula is C24H26N2O5S. The van der Waals surface area contributed by atoms with Gasteiger partial charge in [0.2, 0.25) is 0 Å². The molecule has 2 N–H and O–H groups in total. The zero-order valence-corrected chi connectivity index (χ0v) is 19.0. The molecular weight excluding hydrogens is 428 g/mol. The molecule has 0 heterocycles. The summed E-state index contributed by atoms with van der Waals surface area (Å²) in [6, 6.07) is 17.8. The van der Waals surface area contributed by atoms with Crippen molar-refractivity contribution in [3.8, 4) is 11.5 Å². The third-order valence-corrected chi connectivity index (χ3v) is 6.05. The monoisotopic (exact) mass is 454 g/mol. The van der Waals surface area contributed by atoms with E-state index in [4.69, 9.17) is 9.47 Å². The van der Waals surface area contributed by atoms with Crippen LogP contribution in [0.4, 0.5) is 11.4 Å². The largest absolute Gasteiger partial charge is 0.497 e.